The van der Waals surface area contributed by atoms with E-state index in [9.17, 15) is 23.1 Å². The Morgan fingerprint density at radius 3 is 2.67 bits per heavy atom. The molecule has 0 saturated carbocycles. The third kappa shape index (κ3) is 5.99. The summed E-state index contributed by atoms with van der Waals surface area (Å²) in [4.78, 5) is 21.2. The van der Waals surface area contributed by atoms with Gasteiger partial charge in [-0.3, -0.25) is 4.79 Å². The van der Waals surface area contributed by atoms with Crippen molar-refractivity contribution in [3.8, 4) is 28.7 Å². The summed E-state index contributed by atoms with van der Waals surface area (Å²) in [7, 11) is 0. The molecule has 0 amide bonds. The molecule has 2 N–H and O–H groups in total. The number of likely N-dealkylation sites (tertiary alicyclic amines) is 1. The number of β-amino-alcohol motifs (C(OH)–C–C–N with tert-alkyl or cyclic N) is 1. The lowest BCUT2D eigenvalue weighted by Crippen LogP contribution is -2.38. The lowest BCUT2D eigenvalue weighted by Gasteiger charge is -2.33. The Morgan fingerprint density at radius 2 is 1.97 bits per heavy atom. The molecule has 1 fully saturated rings. The summed E-state index contributed by atoms with van der Waals surface area (Å²) in [6.07, 6.45) is -1.34. The largest absolute Gasteiger partial charge is 0.481 e. The number of alkyl halides is 3. The van der Waals surface area contributed by atoms with Crippen LogP contribution in [0.5, 0.6) is 0 Å². The zero-order chi connectivity index (χ0) is 27.6. The molecule has 0 unspecified atom stereocenters. The highest BCUT2D eigenvalue weighted by molar-refractivity contribution is 5.67. The molecular formula is C26H25F3N6O4. The van der Waals surface area contributed by atoms with E-state index in [1.165, 1.54) is 12.3 Å². The third-order valence-electron chi connectivity index (χ3n) is 6.61. The Morgan fingerprint density at radius 1 is 1.18 bits per heavy atom. The van der Waals surface area contributed by atoms with Gasteiger partial charge in [0.05, 0.1) is 17.9 Å². The fourth-order valence-corrected chi connectivity index (χ4v) is 4.82. The van der Waals surface area contributed by atoms with E-state index >= 15 is 0 Å². The summed E-state index contributed by atoms with van der Waals surface area (Å²) in [6.45, 7) is 1.76. The number of piperidine rings is 1. The topological polar surface area (TPSA) is 130 Å². The highest BCUT2D eigenvalue weighted by atomic mass is 19.4. The fourth-order valence-electron chi connectivity index (χ4n) is 4.82. The number of carboxylic acid groups (broad SMARTS) is 1. The molecule has 4 aromatic rings. The van der Waals surface area contributed by atoms with Gasteiger partial charge in [-0.05, 0) is 43.0 Å². The molecule has 0 bridgehead atoms. The summed E-state index contributed by atoms with van der Waals surface area (Å²) in [5, 5.41) is 27.5. The van der Waals surface area contributed by atoms with Crippen molar-refractivity contribution in [2.75, 3.05) is 19.6 Å². The van der Waals surface area contributed by atoms with Gasteiger partial charge in [-0.1, -0.05) is 35.5 Å². The minimum absolute atomic E-state index is 0.00748. The Balaban J connectivity index is 1.31. The predicted molar refractivity (Wildman–Crippen MR) is 131 cm³/mol. The molecular weight excluding hydrogens is 517 g/mol. The number of aliphatic carboxylic acids is 1. The van der Waals surface area contributed by atoms with Gasteiger partial charge in [0.15, 0.2) is 11.5 Å². The zero-order valence-electron chi connectivity index (χ0n) is 20.6. The van der Waals surface area contributed by atoms with Crippen molar-refractivity contribution < 1.29 is 32.7 Å². The molecule has 5 rings (SSSR count). The van der Waals surface area contributed by atoms with Crippen LogP contribution in [0.25, 0.3) is 28.7 Å². The Labute approximate surface area is 220 Å². The van der Waals surface area contributed by atoms with Gasteiger partial charge in [0.1, 0.15) is 0 Å². The van der Waals surface area contributed by atoms with Crippen LogP contribution in [0, 0.1) is 5.92 Å². The van der Waals surface area contributed by atoms with Crippen LogP contribution < -0.4 is 0 Å². The van der Waals surface area contributed by atoms with Crippen molar-refractivity contribution >= 4 is 5.97 Å². The highest BCUT2D eigenvalue weighted by Crippen LogP contribution is 2.38. The molecule has 0 spiro atoms. The van der Waals surface area contributed by atoms with E-state index in [0.717, 1.165) is 25.6 Å². The van der Waals surface area contributed by atoms with Gasteiger partial charge in [-0.15, -0.1) is 0 Å². The zero-order valence-corrected chi connectivity index (χ0v) is 20.6. The first-order valence-corrected chi connectivity index (χ1v) is 12.3. The number of nitrogens with zero attached hydrogens (tertiary/aromatic N) is 6. The quantitative estimate of drug-likeness (QED) is 0.336. The standard InChI is InChI=1S/C26H25F3N6O4/c27-26(28,29)23-19(13-31-35(23)21-5-1-2-10-30-21)25-32-24(33-39-25)18-8-6-17(7-9-18)20(36)15-34-11-3-4-16(14-34)12-22(37)38/h1-2,5-10,13,16,20,36H,3-4,11-12,14-15H2,(H,37,38)/t16-,20-/m1/s1. The minimum Gasteiger partial charge on any atom is -0.481 e. The number of hydrogen-bond acceptors (Lipinski definition) is 8. The van der Waals surface area contributed by atoms with E-state index in [-0.39, 0.29) is 35.4 Å². The lowest BCUT2D eigenvalue weighted by atomic mass is 9.94. The van der Waals surface area contributed by atoms with Crippen molar-refractivity contribution in [1.82, 2.24) is 29.8 Å². The number of pyridine rings is 1. The number of aromatic nitrogens is 5. The Kier molecular flexibility index (Phi) is 7.44. The minimum atomic E-state index is -4.77. The van der Waals surface area contributed by atoms with Crippen molar-refractivity contribution in [2.45, 2.75) is 31.5 Å². The molecule has 4 heterocycles. The molecule has 10 nitrogen and oxygen atoms in total. The van der Waals surface area contributed by atoms with Crippen molar-refractivity contribution in [1.29, 1.82) is 0 Å². The first-order chi connectivity index (χ1) is 18.7. The van der Waals surface area contributed by atoms with Gasteiger partial charge in [0.2, 0.25) is 5.82 Å². The molecule has 0 aliphatic carbocycles. The smallest absolute Gasteiger partial charge is 0.434 e. The number of aliphatic hydroxyl groups is 1. The normalized spacial score (nSPS) is 17.3. The van der Waals surface area contributed by atoms with Crippen LogP contribution >= 0.6 is 0 Å². The summed E-state index contributed by atoms with van der Waals surface area (Å²) < 4.78 is 47.8. The maximum absolute atomic E-state index is 14.0. The molecule has 1 saturated heterocycles. The molecule has 204 valence electrons. The van der Waals surface area contributed by atoms with Gasteiger partial charge in [0.25, 0.3) is 5.89 Å². The number of hydrogen-bond donors (Lipinski definition) is 2. The number of aliphatic hydroxyl groups excluding tert-OH is 1. The second-order valence-corrected chi connectivity index (χ2v) is 9.43. The first-order valence-electron chi connectivity index (χ1n) is 12.3. The number of carbonyl (C=O) groups is 1. The number of carboxylic acids is 1. The molecule has 2 atom stereocenters. The van der Waals surface area contributed by atoms with Gasteiger partial charge < -0.3 is 19.6 Å². The van der Waals surface area contributed by atoms with Gasteiger partial charge in [-0.2, -0.15) is 23.3 Å². The highest BCUT2D eigenvalue weighted by Gasteiger charge is 2.41. The number of halogens is 3. The summed E-state index contributed by atoms with van der Waals surface area (Å²) in [6, 6.07) is 11.2. The van der Waals surface area contributed by atoms with E-state index in [1.54, 1.807) is 36.4 Å². The van der Waals surface area contributed by atoms with Crippen LogP contribution in [0.4, 0.5) is 13.2 Å². The van der Waals surface area contributed by atoms with Gasteiger partial charge >= 0.3 is 12.1 Å². The summed E-state index contributed by atoms with van der Waals surface area (Å²) in [5.74, 6) is -1.03. The average molecular weight is 543 g/mol. The van der Waals surface area contributed by atoms with Gasteiger partial charge in [-0.25, -0.2) is 9.67 Å². The predicted octanol–water partition coefficient (Wildman–Crippen LogP) is 4.22. The summed E-state index contributed by atoms with van der Waals surface area (Å²) >= 11 is 0. The second kappa shape index (κ2) is 10.9. The lowest BCUT2D eigenvalue weighted by molar-refractivity contribution is -0.142. The van der Waals surface area contributed by atoms with Crippen LogP contribution in [0.1, 0.15) is 36.6 Å². The average Bonchev–Trinajstić information content (AvgIpc) is 3.57. The maximum atomic E-state index is 14.0. The van der Waals surface area contributed by atoms with E-state index in [0.29, 0.717) is 28.9 Å². The van der Waals surface area contributed by atoms with Crippen LogP contribution in [0.15, 0.2) is 59.4 Å². The van der Waals surface area contributed by atoms with E-state index in [4.69, 9.17) is 9.63 Å². The summed E-state index contributed by atoms with van der Waals surface area (Å²) in [5.41, 5.74) is -0.329. The van der Waals surface area contributed by atoms with Crippen LogP contribution in [-0.2, 0) is 11.0 Å². The van der Waals surface area contributed by atoms with Crippen molar-refractivity contribution in [3.63, 3.8) is 0 Å². The fraction of sp³-hybridized carbons (Fsp3) is 0.346. The molecule has 13 heteroatoms. The molecule has 1 aliphatic heterocycles. The third-order valence-corrected chi connectivity index (χ3v) is 6.61. The van der Waals surface area contributed by atoms with Crippen LogP contribution in [0.3, 0.4) is 0 Å². The van der Waals surface area contributed by atoms with Crippen molar-refractivity contribution in [2.24, 2.45) is 5.92 Å². The molecule has 1 aromatic carbocycles. The van der Waals surface area contributed by atoms with Gasteiger partial charge in [0, 0.05) is 31.3 Å². The number of benzene rings is 1. The van der Waals surface area contributed by atoms with E-state index in [2.05, 4.69) is 25.1 Å². The first kappa shape index (κ1) is 26.5. The second-order valence-electron chi connectivity index (χ2n) is 9.43. The SMILES string of the molecule is O=C(O)C[C@H]1CCCN(C[C@@H](O)c2ccc(-c3noc(-c4cnn(-c5ccccn5)c4C(F)(F)F)n3)cc2)C1. The van der Waals surface area contributed by atoms with Crippen LogP contribution in [0.2, 0.25) is 0 Å². The molecule has 39 heavy (non-hydrogen) atoms. The molecule has 3 aromatic heterocycles. The van der Waals surface area contributed by atoms with E-state index < -0.39 is 23.9 Å². The van der Waals surface area contributed by atoms with Crippen LogP contribution in [-0.4, -0.2) is 65.6 Å². The number of rotatable bonds is 8. The molecule has 1 aliphatic rings. The maximum Gasteiger partial charge on any atom is 0.434 e. The van der Waals surface area contributed by atoms with E-state index in [1.807, 2.05) is 0 Å². The Bertz CT molecular complexity index is 1420. The van der Waals surface area contributed by atoms with Crippen molar-refractivity contribution in [3.05, 3.63) is 66.1 Å². The monoisotopic (exact) mass is 542 g/mol. The Hall–Kier alpha value is -4.10. The molecule has 0 radical (unpaired) electrons.